The Morgan fingerprint density at radius 3 is 2.92 bits per heavy atom. The molecule has 0 spiro atoms. The lowest BCUT2D eigenvalue weighted by Crippen LogP contribution is -2.28. The molecule has 0 saturated heterocycles. The van der Waals surface area contributed by atoms with Crippen LogP contribution in [0.1, 0.15) is 26.2 Å². The van der Waals surface area contributed by atoms with Crippen LogP contribution in [0.5, 0.6) is 0 Å². The van der Waals surface area contributed by atoms with Crippen LogP contribution in [0.25, 0.3) is 0 Å². The fraction of sp³-hybridized carbons (Fsp3) is 0.667. The van der Waals surface area contributed by atoms with Gasteiger partial charge in [-0.05, 0) is 12.8 Å². The molecule has 0 aliphatic carbocycles. The Kier molecular flexibility index (Phi) is 3.42. The van der Waals surface area contributed by atoms with Crippen molar-refractivity contribution in [1.29, 1.82) is 0 Å². The molecule has 0 aromatic rings. The number of hydrogen-bond acceptors (Lipinski definition) is 3. The molecule has 0 fully saturated rings. The predicted octanol–water partition coefficient (Wildman–Crippen LogP) is 0.143. The second-order valence-corrected chi connectivity index (χ2v) is 3.17. The van der Waals surface area contributed by atoms with Gasteiger partial charge in [-0.25, -0.2) is 5.01 Å². The monoisotopic (exact) mass is 182 g/mol. The summed E-state index contributed by atoms with van der Waals surface area (Å²) in [5.41, 5.74) is 0.712. The van der Waals surface area contributed by atoms with Gasteiger partial charge in [0.1, 0.15) is 0 Å². The number of amides is 1. The highest BCUT2D eigenvalue weighted by molar-refractivity contribution is 6.08. The van der Waals surface area contributed by atoms with Gasteiger partial charge in [0.25, 0.3) is 0 Å². The normalized spacial score (nSPS) is 22.4. The van der Waals surface area contributed by atoms with E-state index in [-0.39, 0.29) is 5.91 Å². The van der Waals surface area contributed by atoms with Gasteiger partial charge >= 0.3 is 0 Å². The first kappa shape index (κ1) is 10.2. The van der Waals surface area contributed by atoms with Gasteiger partial charge in [0, 0.05) is 12.8 Å². The molecule has 1 rings (SSSR count). The molecule has 1 unspecified atom stereocenters. The second kappa shape index (κ2) is 4.37. The Morgan fingerprint density at radius 1 is 1.69 bits per heavy atom. The number of nitrogens with zero attached hydrogens (tertiary/aromatic N) is 2. The minimum atomic E-state index is -0.614. The topological polar surface area (TPSA) is 55.7 Å². The van der Waals surface area contributed by atoms with E-state index in [2.05, 4.69) is 12.0 Å². The fourth-order valence-corrected chi connectivity index (χ4v) is 1.35. The summed E-state index contributed by atoms with van der Waals surface area (Å²) in [4.78, 5) is 11.3. The van der Waals surface area contributed by atoms with E-state index in [4.69, 9.17) is 0 Å². The van der Waals surface area contributed by atoms with Crippen molar-refractivity contribution in [3.05, 3.63) is 6.61 Å². The lowest BCUT2D eigenvalue weighted by atomic mass is 10.00. The van der Waals surface area contributed by atoms with Crippen LogP contribution in [-0.4, -0.2) is 23.7 Å². The lowest BCUT2D eigenvalue weighted by molar-refractivity contribution is -0.320. The molecule has 1 amide bonds. The Balaban J connectivity index is 2.61. The number of carbonyl (C=O) groups excluding carboxylic acids is 1. The quantitative estimate of drug-likeness (QED) is 0.621. The Bertz CT molecular complexity index is 226. The van der Waals surface area contributed by atoms with Gasteiger partial charge in [-0.3, -0.25) is 4.79 Å². The fourth-order valence-electron chi connectivity index (χ4n) is 1.35. The number of hydrazone groups is 1. The summed E-state index contributed by atoms with van der Waals surface area (Å²) in [5, 5.41) is 15.9. The van der Waals surface area contributed by atoms with Crippen LogP contribution in [0.2, 0.25) is 0 Å². The number of rotatable bonds is 4. The van der Waals surface area contributed by atoms with E-state index in [0.717, 1.165) is 19.3 Å². The average molecular weight is 182 g/mol. The molecule has 0 N–H and O–H groups in total. The highest BCUT2D eigenvalue weighted by Gasteiger charge is 2.29. The Morgan fingerprint density at radius 2 is 2.38 bits per heavy atom. The minimum absolute atomic E-state index is 0.207. The van der Waals surface area contributed by atoms with Crippen LogP contribution >= 0.6 is 0 Å². The first-order valence-electron chi connectivity index (χ1n) is 4.51. The third-order valence-corrected chi connectivity index (χ3v) is 2.14. The van der Waals surface area contributed by atoms with Crippen molar-refractivity contribution in [2.24, 2.45) is 11.0 Å². The molecule has 0 saturated carbocycles. The molecule has 4 nitrogen and oxygen atoms in total. The van der Waals surface area contributed by atoms with Crippen molar-refractivity contribution >= 4 is 11.6 Å². The zero-order chi connectivity index (χ0) is 9.84. The lowest BCUT2D eigenvalue weighted by Gasteiger charge is -2.13. The van der Waals surface area contributed by atoms with Gasteiger partial charge in [-0.2, -0.15) is 5.10 Å². The second-order valence-electron chi connectivity index (χ2n) is 3.17. The number of unbranched alkanes of at least 4 members (excludes halogenated alkanes) is 1. The molecule has 1 aliphatic rings. The van der Waals surface area contributed by atoms with Crippen LogP contribution in [0.15, 0.2) is 5.10 Å². The van der Waals surface area contributed by atoms with Gasteiger partial charge < -0.3 is 5.11 Å². The summed E-state index contributed by atoms with van der Waals surface area (Å²) in [6.07, 6.45) is 2.77. The average Bonchev–Trinajstić information content (AvgIpc) is 2.39. The molecule has 1 aliphatic heterocycles. The van der Waals surface area contributed by atoms with Crippen LogP contribution in [0, 0.1) is 12.5 Å². The maximum absolute atomic E-state index is 11.3. The van der Waals surface area contributed by atoms with Crippen LogP contribution < -0.4 is 5.11 Å². The molecule has 1 atom stereocenters. The number of hydrogen-bond donors (Lipinski definition) is 0. The summed E-state index contributed by atoms with van der Waals surface area (Å²) >= 11 is 0. The predicted molar refractivity (Wildman–Crippen MR) is 47.5 cm³/mol. The maximum atomic E-state index is 11.3. The first-order chi connectivity index (χ1) is 6.20. The van der Waals surface area contributed by atoms with Gasteiger partial charge in [0.05, 0.1) is 5.92 Å². The molecule has 73 valence electrons. The summed E-state index contributed by atoms with van der Waals surface area (Å²) in [6.45, 7) is 2.75. The Hall–Kier alpha value is -0.900. The maximum Gasteiger partial charge on any atom is 0.250 e. The van der Waals surface area contributed by atoms with Gasteiger partial charge in [-0.15, -0.1) is 6.61 Å². The molecular formula is C9H14N2O2-. The van der Waals surface area contributed by atoms with Crippen LogP contribution in [-0.2, 0) is 4.79 Å². The first-order valence-corrected chi connectivity index (χ1v) is 4.51. The minimum Gasteiger partial charge on any atom is -0.852 e. The highest BCUT2D eigenvalue weighted by Crippen LogP contribution is 2.18. The zero-order valence-corrected chi connectivity index (χ0v) is 7.99. The standard InChI is InChI=1S/C9H14N2O2/c1-3-4-5-8-7(6-12)9(13)11(2)10-8/h6-7H,3-5H2,1-2H3/q-1. The Labute approximate surface area is 78.2 Å². The SMILES string of the molecule is CCCCC1=NN(C)C(=O)C1[CH][O-]. The summed E-state index contributed by atoms with van der Waals surface area (Å²) in [6, 6.07) is 0. The molecule has 0 aromatic heterocycles. The van der Waals surface area contributed by atoms with Crippen molar-refractivity contribution in [2.45, 2.75) is 26.2 Å². The van der Waals surface area contributed by atoms with E-state index in [1.807, 2.05) is 0 Å². The van der Waals surface area contributed by atoms with Crippen molar-refractivity contribution in [1.82, 2.24) is 5.01 Å². The van der Waals surface area contributed by atoms with Crippen LogP contribution in [0.4, 0.5) is 0 Å². The third-order valence-electron chi connectivity index (χ3n) is 2.14. The van der Waals surface area contributed by atoms with Crippen molar-refractivity contribution in [2.75, 3.05) is 7.05 Å². The van der Waals surface area contributed by atoms with Gasteiger partial charge in [0.2, 0.25) is 5.91 Å². The van der Waals surface area contributed by atoms with E-state index < -0.39 is 5.92 Å². The third kappa shape index (κ3) is 2.06. The van der Waals surface area contributed by atoms with Gasteiger partial charge in [0.15, 0.2) is 0 Å². The van der Waals surface area contributed by atoms with E-state index in [1.54, 1.807) is 7.05 Å². The van der Waals surface area contributed by atoms with E-state index in [1.165, 1.54) is 5.01 Å². The molecule has 0 bridgehead atoms. The smallest absolute Gasteiger partial charge is 0.250 e. The number of carbonyl (C=O) groups is 1. The zero-order valence-electron chi connectivity index (χ0n) is 7.99. The van der Waals surface area contributed by atoms with E-state index in [9.17, 15) is 9.90 Å². The molecule has 1 heterocycles. The van der Waals surface area contributed by atoms with Crippen molar-refractivity contribution < 1.29 is 9.90 Å². The van der Waals surface area contributed by atoms with Gasteiger partial charge in [-0.1, -0.05) is 13.3 Å². The molecule has 13 heavy (non-hydrogen) atoms. The largest absolute Gasteiger partial charge is 0.852 e. The molecule has 1 radical (unpaired) electrons. The molecule has 4 heteroatoms. The van der Waals surface area contributed by atoms with E-state index >= 15 is 0 Å². The summed E-state index contributed by atoms with van der Waals surface area (Å²) in [5.74, 6) is -0.822. The van der Waals surface area contributed by atoms with Crippen molar-refractivity contribution in [3.8, 4) is 0 Å². The highest BCUT2D eigenvalue weighted by atomic mass is 16.3. The summed E-state index contributed by atoms with van der Waals surface area (Å²) < 4.78 is 0. The summed E-state index contributed by atoms with van der Waals surface area (Å²) in [7, 11) is 1.58. The van der Waals surface area contributed by atoms with E-state index in [0.29, 0.717) is 12.3 Å². The van der Waals surface area contributed by atoms with Crippen LogP contribution in [0.3, 0.4) is 0 Å². The molecular weight excluding hydrogens is 168 g/mol. The van der Waals surface area contributed by atoms with Crippen molar-refractivity contribution in [3.63, 3.8) is 0 Å². The molecule has 0 aromatic carbocycles.